The number of methoxy groups -OCH3 is 1. The van der Waals surface area contributed by atoms with Gasteiger partial charge in [0.2, 0.25) is 0 Å². The summed E-state index contributed by atoms with van der Waals surface area (Å²) in [5.74, 6) is 1.58. The lowest BCUT2D eigenvalue weighted by molar-refractivity contribution is 0.371. The molecule has 1 aliphatic heterocycles. The van der Waals surface area contributed by atoms with E-state index in [-0.39, 0.29) is 5.54 Å². The maximum Gasteiger partial charge on any atom is 0.125 e. The summed E-state index contributed by atoms with van der Waals surface area (Å²) in [5.41, 5.74) is 4.30. The lowest BCUT2D eigenvalue weighted by atomic mass is 9.79. The van der Waals surface area contributed by atoms with Crippen LogP contribution in [0.25, 0.3) is 0 Å². The van der Waals surface area contributed by atoms with E-state index in [0.29, 0.717) is 12.0 Å². The maximum absolute atomic E-state index is 5.71. The van der Waals surface area contributed by atoms with Gasteiger partial charge in [-0.15, -0.1) is 0 Å². The van der Waals surface area contributed by atoms with Gasteiger partial charge in [-0.2, -0.15) is 0 Å². The first kappa shape index (κ1) is 18.1. The summed E-state index contributed by atoms with van der Waals surface area (Å²) in [7, 11) is 1.78. The molecule has 0 aliphatic carbocycles. The molecule has 0 saturated heterocycles. The number of anilines is 1. The molecule has 1 aromatic carbocycles. The molecule has 0 aromatic heterocycles. The molecule has 0 saturated carbocycles. The van der Waals surface area contributed by atoms with Crippen LogP contribution in [0.15, 0.2) is 12.1 Å². The van der Waals surface area contributed by atoms with E-state index in [0.717, 1.165) is 25.3 Å². The standard InChI is InChI=1S/C20H34N2O/c1-8-9-22-18-11-19(23-7)16(13-21-14(2)3)10-17(18)15(4)12-20(22,5)6/h10-11,14-15,21H,8-9,12-13H2,1-7H3/t15-/m0/s1. The smallest absolute Gasteiger partial charge is 0.125 e. The zero-order valence-corrected chi connectivity index (χ0v) is 16.0. The number of fused-ring (bicyclic) bond motifs is 1. The Morgan fingerprint density at radius 2 is 2.04 bits per heavy atom. The van der Waals surface area contributed by atoms with Crippen molar-refractivity contribution in [1.29, 1.82) is 0 Å². The third-order valence-corrected chi connectivity index (χ3v) is 4.94. The van der Waals surface area contributed by atoms with E-state index in [9.17, 15) is 0 Å². The van der Waals surface area contributed by atoms with E-state index in [1.165, 1.54) is 23.2 Å². The third kappa shape index (κ3) is 3.82. The summed E-state index contributed by atoms with van der Waals surface area (Å²) in [6.45, 7) is 15.7. The Morgan fingerprint density at radius 1 is 1.35 bits per heavy atom. The summed E-state index contributed by atoms with van der Waals surface area (Å²) in [6, 6.07) is 5.11. The van der Waals surface area contributed by atoms with Crippen molar-refractivity contribution in [3.63, 3.8) is 0 Å². The highest BCUT2D eigenvalue weighted by atomic mass is 16.5. The van der Waals surface area contributed by atoms with Gasteiger partial charge in [-0.05, 0) is 44.2 Å². The van der Waals surface area contributed by atoms with Gasteiger partial charge in [0.25, 0.3) is 0 Å². The zero-order valence-electron chi connectivity index (χ0n) is 16.0. The molecule has 1 atom stereocenters. The summed E-state index contributed by atoms with van der Waals surface area (Å²) >= 11 is 0. The van der Waals surface area contributed by atoms with E-state index in [2.05, 4.69) is 63.9 Å². The largest absolute Gasteiger partial charge is 0.496 e. The van der Waals surface area contributed by atoms with Gasteiger partial charge < -0.3 is 15.0 Å². The van der Waals surface area contributed by atoms with Crippen molar-refractivity contribution >= 4 is 5.69 Å². The van der Waals surface area contributed by atoms with Crippen LogP contribution < -0.4 is 15.0 Å². The molecule has 0 spiro atoms. The van der Waals surface area contributed by atoms with Gasteiger partial charge in [0.15, 0.2) is 0 Å². The van der Waals surface area contributed by atoms with Crippen molar-refractivity contribution in [1.82, 2.24) is 5.32 Å². The van der Waals surface area contributed by atoms with Crippen LogP contribution in [0.3, 0.4) is 0 Å². The topological polar surface area (TPSA) is 24.5 Å². The normalized spacial score (nSPS) is 19.8. The van der Waals surface area contributed by atoms with Crippen LogP contribution in [-0.4, -0.2) is 25.2 Å². The molecule has 0 unspecified atom stereocenters. The third-order valence-electron chi connectivity index (χ3n) is 4.94. The Hall–Kier alpha value is -1.22. The van der Waals surface area contributed by atoms with Crippen molar-refractivity contribution in [2.24, 2.45) is 0 Å². The molecule has 3 heteroatoms. The second-order valence-corrected chi connectivity index (χ2v) is 7.83. The van der Waals surface area contributed by atoms with Gasteiger partial charge in [-0.25, -0.2) is 0 Å². The molecule has 1 aliphatic rings. The van der Waals surface area contributed by atoms with E-state index >= 15 is 0 Å². The van der Waals surface area contributed by atoms with Crippen LogP contribution in [0.5, 0.6) is 5.75 Å². The molecule has 0 fully saturated rings. The first-order chi connectivity index (χ1) is 10.8. The number of ether oxygens (including phenoxy) is 1. The molecule has 1 aromatic rings. The fourth-order valence-electron chi connectivity index (χ4n) is 3.85. The van der Waals surface area contributed by atoms with Crippen molar-refractivity contribution in [3.8, 4) is 5.75 Å². The Bertz CT molecular complexity index is 537. The molecule has 0 bridgehead atoms. The van der Waals surface area contributed by atoms with Gasteiger partial charge >= 0.3 is 0 Å². The number of hydrogen-bond donors (Lipinski definition) is 1. The van der Waals surface area contributed by atoms with E-state index in [4.69, 9.17) is 4.74 Å². The number of nitrogens with zero attached hydrogens (tertiary/aromatic N) is 1. The molecule has 0 amide bonds. The van der Waals surface area contributed by atoms with Crippen LogP contribution in [0, 0.1) is 0 Å². The summed E-state index contributed by atoms with van der Waals surface area (Å²) in [5, 5.41) is 3.52. The van der Waals surface area contributed by atoms with Crippen LogP contribution >= 0.6 is 0 Å². The molecule has 1 heterocycles. The fraction of sp³-hybridized carbons (Fsp3) is 0.700. The first-order valence-corrected chi connectivity index (χ1v) is 9.02. The maximum atomic E-state index is 5.71. The highest BCUT2D eigenvalue weighted by molar-refractivity contribution is 5.64. The predicted molar refractivity (Wildman–Crippen MR) is 99.7 cm³/mol. The molecule has 1 N–H and O–H groups in total. The van der Waals surface area contributed by atoms with E-state index < -0.39 is 0 Å². The lowest BCUT2D eigenvalue weighted by Crippen LogP contribution is -2.48. The Labute approximate surface area is 142 Å². The molecule has 130 valence electrons. The SMILES string of the molecule is CCCN1c2cc(OC)c(CNC(C)C)cc2[C@@H](C)CC1(C)C. The van der Waals surface area contributed by atoms with Gasteiger partial charge in [0.1, 0.15) is 5.75 Å². The second kappa shape index (κ2) is 7.12. The molecule has 3 nitrogen and oxygen atoms in total. The second-order valence-electron chi connectivity index (χ2n) is 7.83. The minimum absolute atomic E-state index is 0.200. The van der Waals surface area contributed by atoms with E-state index in [1.54, 1.807) is 7.11 Å². The molecule has 23 heavy (non-hydrogen) atoms. The van der Waals surface area contributed by atoms with Crippen molar-refractivity contribution < 1.29 is 4.74 Å². The van der Waals surface area contributed by atoms with Crippen LogP contribution in [0.1, 0.15) is 71.4 Å². The van der Waals surface area contributed by atoms with E-state index in [1.807, 2.05) is 0 Å². The quantitative estimate of drug-likeness (QED) is 0.823. The van der Waals surface area contributed by atoms with Gasteiger partial charge in [0.05, 0.1) is 7.11 Å². The van der Waals surface area contributed by atoms with Crippen molar-refractivity contribution in [3.05, 3.63) is 23.3 Å². The minimum atomic E-state index is 0.200. The van der Waals surface area contributed by atoms with Crippen LogP contribution in [0.4, 0.5) is 5.69 Å². The number of rotatable bonds is 6. The van der Waals surface area contributed by atoms with Crippen molar-refractivity contribution in [2.75, 3.05) is 18.6 Å². The number of benzene rings is 1. The summed E-state index contributed by atoms with van der Waals surface area (Å²) < 4.78 is 5.71. The first-order valence-electron chi connectivity index (χ1n) is 9.02. The lowest BCUT2D eigenvalue weighted by Gasteiger charge is -2.48. The van der Waals surface area contributed by atoms with Crippen molar-refractivity contribution in [2.45, 2.75) is 78.4 Å². The minimum Gasteiger partial charge on any atom is -0.496 e. The molecular formula is C20H34N2O. The zero-order chi connectivity index (χ0) is 17.2. The Morgan fingerprint density at radius 3 is 2.61 bits per heavy atom. The average Bonchev–Trinajstić information content (AvgIpc) is 2.48. The highest BCUT2D eigenvalue weighted by Gasteiger charge is 2.36. The predicted octanol–water partition coefficient (Wildman–Crippen LogP) is 4.70. The van der Waals surface area contributed by atoms with Crippen LogP contribution in [-0.2, 0) is 6.54 Å². The molecule has 2 rings (SSSR count). The fourth-order valence-corrected chi connectivity index (χ4v) is 3.85. The highest BCUT2D eigenvalue weighted by Crippen LogP contribution is 2.45. The van der Waals surface area contributed by atoms with Gasteiger partial charge in [-0.1, -0.05) is 27.7 Å². The number of hydrogen-bond acceptors (Lipinski definition) is 3. The molecular weight excluding hydrogens is 284 g/mol. The van der Waals surface area contributed by atoms with Crippen LogP contribution in [0.2, 0.25) is 0 Å². The Balaban J connectivity index is 2.46. The number of nitrogens with one attached hydrogen (secondary N) is 1. The Kier molecular flexibility index (Phi) is 5.61. The van der Waals surface area contributed by atoms with Gasteiger partial charge in [0, 0.05) is 42.0 Å². The van der Waals surface area contributed by atoms with Gasteiger partial charge in [-0.3, -0.25) is 0 Å². The summed E-state index contributed by atoms with van der Waals surface area (Å²) in [4.78, 5) is 2.57. The average molecular weight is 319 g/mol. The monoisotopic (exact) mass is 318 g/mol. The molecule has 0 radical (unpaired) electrons. The summed E-state index contributed by atoms with van der Waals surface area (Å²) in [6.07, 6.45) is 2.36.